The second kappa shape index (κ2) is 10.1. The zero-order valence-corrected chi connectivity index (χ0v) is 21.4. The van der Waals surface area contributed by atoms with Gasteiger partial charge in [-0.05, 0) is 60.9 Å². The van der Waals surface area contributed by atoms with Gasteiger partial charge in [0, 0.05) is 29.2 Å². The summed E-state index contributed by atoms with van der Waals surface area (Å²) in [6.07, 6.45) is -3.90. The van der Waals surface area contributed by atoms with Crippen molar-refractivity contribution in [2.75, 3.05) is 13.1 Å². The fourth-order valence-corrected chi connectivity index (χ4v) is 4.97. The molecule has 5 nitrogen and oxygen atoms in total. The lowest BCUT2D eigenvalue weighted by Crippen LogP contribution is -2.45. The van der Waals surface area contributed by atoms with E-state index in [1.165, 1.54) is 0 Å². The molecule has 196 valence electrons. The summed E-state index contributed by atoms with van der Waals surface area (Å²) in [5.74, 6) is -0.217. The molecule has 1 aliphatic heterocycles. The van der Waals surface area contributed by atoms with Crippen LogP contribution in [0.2, 0.25) is 10.0 Å². The number of benzene rings is 3. The van der Waals surface area contributed by atoms with Crippen LogP contribution in [0.4, 0.5) is 13.2 Å². The first kappa shape index (κ1) is 26.3. The standard InChI is InChI=1S/C28H22Cl2F3N3O2/c29-21-11-9-20(10-12-21)27(38)13-15-35(16-14-27)26(37)19-7-5-18(6-8-19)24-17-25(28(31,32)33)34-36(24)23-4-2-1-3-22(23)30/h1-12,17,38H,13-16H2. The smallest absolute Gasteiger partial charge is 0.385 e. The Kier molecular flexibility index (Phi) is 6.98. The highest BCUT2D eigenvalue weighted by Gasteiger charge is 2.37. The van der Waals surface area contributed by atoms with Gasteiger partial charge in [-0.3, -0.25) is 4.79 Å². The SMILES string of the molecule is O=C(c1ccc(-c2cc(C(F)(F)F)nn2-c2ccccc2Cl)cc1)N1CCC(O)(c2ccc(Cl)cc2)CC1. The summed E-state index contributed by atoms with van der Waals surface area (Å²) < 4.78 is 41.6. The highest BCUT2D eigenvalue weighted by molar-refractivity contribution is 6.32. The first-order valence-corrected chi connectivity index (χ1v) is 12.6. The van der Waals surface area contributed by atoms with Crippen molar-refractivity contribution in [3.63, 3.8) is 0 Å². The average Bonchev–Trinajstić information content (AvgIpc) is 3.35. The van der Waals surface area contributed by atoms with E-state index in [1.54, 1.807) is 77.7 Å². The van der Waals surface area contributed by atoms with Gasteiger partial charge in [-0.15, -0.1) is 0 Å². The van der Waals surface area contributed by atoms with Gasteiger partial charge >= 0.3 is 6.18 Å². The molecule has 1 N–H and O–H groups in total. The van der Waals surface area contributed by atoms with Crippen molar-refractivity contribution in [3.8, 4) is 16.9 Å². The van der Waals surface area contributed by atoms with Crippen LogP contribution in [0, 0.1) is 0 Å². The number of nitrogens with zero attached hydrogens (tertiary/aromatic N) is 3. The van der Waals surface area contributed by atoms with Crippen molar-refractivity contribution >= 4 is 29.1 Å². The Morgan fingerprint density at radius 2 is 1.55 bits per heavy atom. The fraction of sp³-hybridized carbons (Fsp3) is 0.214. The van der Waals surface area contributed by atoms with Crippen LogP contribution in [0.15, 0.2) is 78.9 Å². The lowest BCUT2D eigenvalue weighted by atomic mass is 9.84. The van der Waals surface area contributed by atoms with Gasteiger partial charge in [0.05, 0.1) is 22.0 Å². The van der Waals surface area contributed by atoms with Crippen molar-refractivity contribution in [2.24, 2.45) is 0 Å². The molecule has 0 aliphatic carbocycles. The molecule has 10 heteroatoms. The summed E-state index contributed by atoms with van der Waals surface area (Å²) in [5.41, 5.74) is 0.00158. The van der Waals surface area contributed by atoms with E-state index in [-0.39, 0.29) is 16.6 Å². The van der Waals surface area contributed by atoms with Crippen LogP contribution in [-0.4, -0.2) is 38.8 Å². The van der Waals surface area contributed by atoms with Gasteiger partial charge in [0.15, 0.2) is 5.69 Å². The molecule has 1 amide bonds. The number of halogens is 5. The van der Waals surface area contributed by atoms with Crippen molar-refractivity contribution in [1.82, 2.24) is 14.7 Å². The van der Waals surface area contributed by atoms with Crippen LogP contribution in [0.1, 0.15) is 34.5 Å². The number of alkyl halides is 3. The summed E-state index contributed by atoms with van der Waals surface area (Å²) in [7, 11) is 0. The zero-order valence-electron chi connectivity index (χ0n) is 19.9. The topological polar surface area (TPSA) is 58.4 Å². The third kappa shape index (κ3) is 5.16. The molecule has 1 fully saturated rings. The minimum absolute atomic E-state index is 0.190. The van der Waals surface area contributed by atoms with Gasteiger partial charge in [0.1, 0.15) is 0 Å². The Hall–Kier alpha value is -3.33. The van der Waals surface area contributed by atoms with Crippen molar-refractivity contribution in [2.45, 2.75) is 24.6 Å². The Morgan fingerprint density at radius 1 is 0.921 bits per heavy atom. The van der Waals surface area contributed by atoms with Gasteiger partial charge in [0.25, 0.3) is 5.91 Å². The maximum absolute atomic E-state index is 13.5. The number of likely N-dealkylation sites (tertiary alicyclic amines) is 1. The second-order valence-electron chi connectivity index (χ2n) is 9.18. The first-order chi connectivity index (χ1) is 18.0. The molecule has 0 atom stereocenters. The van der Waals surface area contributed by atoms with E-state index in [4.69, 9.17) is 23.2 Å². The summed E-state index contributed by atoms with van der Waals surface area (Å²) >= 11 is 12.2. The highest BCUT2D eigenvalue weighted by atomic mass is 35.5. The predicted molar refractivity (Wildman–Crippen MR) is 139 cm³/mol. The first-order valence-electron chi connectivity index (χ1n) is 11.9. The molecule has 1 saturated heterocycles. The van der Waals surface area contributed by atoms with Crippen LogP contribution >= 0.6 is 23.2 Å². The molecule has 4 aromatic rings. The van der Waals surface area contributed by atoms with Gasteiger partial charge in [-0.25, -0.2) is 4.68 Å². The average molecular weight is 560 g/mol. The Bertz CT molecular complexity index is 1460. The second-order valence-corrected chi connectivity index (χ2v) is 10.0. The summed E-state index contributed by atoms with van der Waals surface area (Å²) in [4.78, 5) is 14.8. The third-order valence-electron chi connectivity index (χ3n) is 6.77. The van der Waals surface area contributed by atoms with E-state index in [1.807, 2.05) is 0 Å². The number of amides is 1. The molecule has 3 aromatic carbocycles. The summed E-state index contributed by atoms with van der Waals surface area (Å²) in [6.45, 7) is 0.710. The van der Waals surface area contributed by atoms with E-state index < -0.39 is 17.5 Å². The summed E-state index contributed by atoms with van der Waals surface area (Å²) in [6, 6.07) is 20.8. The van der Waals surface area contributed by atoms with E-state index in [9.17, 15) is 23.1 Å². The fourth-order valence-electron chi connectivity index (χ4n) is 4.63. The van der Waals surface area contributed by atoms with Crippen LogP contribution in [0.25, 0.3) is 16.9 Å². The molecule has 38 heavy (non-hydrogen) atoms. The van der Waals surface area contributed by atoms with Crippen LogP contribution in [-0.2, 0) is 11.8 Å². The number of hydrogen-bond acceptors (Lipinski definition) is 3. The zero-order chi connectivity index (χ0) is 27.1. The molecule has 2 heterocycles. The minimum atomic E-state index is -4.64. The van der Waals surface area contributed by atoms with E-state index >= 15 is 0 Å². The highest BCUT2D eigenvalue weighted by Crippen LogP contribution is 2.36. The molecular formula is C28H22Cl2F3N3O2. The van der Waals surface area contributed by atoms with Crippen LogP contribution in [0.3, 0.4) is 0 Å². The van der Waals surface area contributed by atoms with Gasteiger partial charge in [0.2, 0.25) is 0 Å². The lowest BCUT2D eigenvalue weighted by Gasteiger charge is -2.38. The molecule has 0 saturated carbocycles. The number of piperidine rings is 1. The molecule has 1 aliphatic rings. The monoisotopic (exact) mass is 559 g/mol. The number of hydrogen-bond donors (Lipinski definition) is 1. The number of aromatic nitrogens is 2. The van der Waals surface area contributed by atoms with Crippen molar-refractivity contribution < 1.29 is 23.1 Å². The van der Waals surface area contributed by atoms with Gasteiger partial charge in [-0.1, -0.05) is 59.6 Å². The maximum atomic E-state index is 13.5. The number of carbonyl (C=O) groups is 1. The Balaban J connectivity index is 1.36. The van der Waals surface area contributed by atoms with Crippen molar-refractivity contribution in [1.29, 1.82) is 0 Å². The summed E-state index contributed by atoms with van der Waals surface area (Å²) in [5, 5.41) is 15.7. The Labute approximate surface area is 227 Å². The number of rotatable bonds is 4. The molecule has 0 radical (unpaired) electrons. The van der Waals surface area contributed by atoms with Crippen molar-refractivity contribution in [3.05, 3.63) is 106 Å². The minimum Gasteiger partial charge on any atom is -0.385 e. The van der Waals surface area contributed by atoms with E-state index in [0.717, 1.165) is 16.3 Å². The van der Waals surface area contributed by atoms with Gasteiger partial charge in [-0.2, -0.15) is 18.3 Å². The normalized spacial score (nSPS) is 15.5. The lowest BCUT2D eigenvalue weighted by molar-refractivity contribution is -0.141. The molecule has 1 aromatic heterocycles. The van der Waals surface area contributed by atoms with E-state index in [0.29, 0.717) is 47.8 Å². The largest absolute Gasteiger partial charge is 0.435 e. The molecule has 0 bridgehead atoms. The van der Waals surface area contributed by atoms with E-state index in [2.05, 4.69) is 5.10 Å². The maximum Gasteiger partial charge on any atom is 0.435 e. The quantitative estimate of drug-likeness (QED) is 0.293. The molecule has 0 unspecified atom stereocenters. The van der Waals surface area contributed by atoms with Crippen LogP contribution in [0.5, 0.6) is 0 Å². The number of carbonyl (C=O) groups excluding carboxylic acids is 1. The van der Waals surface area contributed by atoms with Gasteiger partial charge < -0.3 is 10.0 Å². The predicted octanol–water partition coefficient (Wildman–Crippen LogP) is 6.99. The molecule has 5 rings (SSSR count). The van der Waals surface area contributed by atoms with Crippen LogP contribution < -0.4 is 0 Å². The Morgan fingerprint density at radius 3 is 2.16 bits per heavy atom. The molecule has 0 spiro atoms. The number of para-hydroxylation sites is 1. The number of aliphatic hydroxyl groups is 1. The third-order valence-corrected chi connectivity index (χ3v) is 7.34. The molecular weight excluding hydrogens is 538 g/mol.